The van der Waals surface area contributed by atoms with Crippen LogP contribution in [-0.2, 0) is 9.59 Å². The highest BCUT2D eigenvalue weighted by molar-refractivity contribution is 6.22. The van der Waals surface area contributed by atoms with Crippen LogP contribution >= 0.6 is 0 Å². The highest BCUT2D eigenvalue weighted by Gasteiger charge is 2.48. The summed E-state index contributed by atoms with van der Waals surface area (Å²) in [6, 6.07) is 4.39. The maximum absolute atomic E-state index is 12.5. The molecule has 1 heterocycles. The fraction of sp³-hybridized carbons (Fsp3) is 0.467. The van der Waals surface area contributed by atoms with Crippen molar-refractivity contribution in [3.8, 4) is 0 Å². The predicted octanol–water partition coefficient (Wildman–Crippen LogP) is 2.58. The molecule has 2 unspecified atom stereocenters. The van der Waals surface area contributed by atoms with E-state index in [1.54, 1.807) is 13.0 Å². The van der Waals surface area contributed by atoms with Crippen molar-refractivity contribution in [2.75, 3.05) is 4.90 Å². The second-order valence-corrected chi connectivity index (χ2v) is 5.74. The molecule has 0 aromatic heterocycles. The molecule has 2 aliphatic rings. The van der Waals surface area contributed by atoms with E-state index in [4.69, 9.17) is 0 Å². The van der Waals surface area contributed by atoms with Gasteiger partial charge in [-0.05, 0) is 31.9 Å². The number of anilines is 1. The number of nitro benzene ring substituents is 1. The molecule has 110 valence electrons. The predicted molar refractivity (Wildman–Crippen MR) is 75.8 cm³/mol. The van der Waals surface area contributed by atoms with E-state index in [0.29, 0.717) is 11.3 Å². The summed E-state index contributed by atoms with van der Waals surface area (Å²) in [6.45, 7) is 1.61. The number of carbonyl (C=O) groups excluding carboxylic acids is 2. The van der Waals surface area contributed by atoms with Crippen molar-refractivity contribution in [1.82, 2.24) is 0 Å². The Kier molecular flexibility index (Phi) is 3.23. The molecule has 3 rings (SSSR count). The third-order valence-electron chi connectivity index (χ3n) is 4.48. The van der Waals surface area contributed by atoms with Gasteiger partial charge in [0.25, 0.3) is 5.69 Å². The molecule has 6 nitrogen and oxygen atoms in total. The molecular weight excluding hydrogens is 272 g/mol. The van der Waals surface area contributed by atoms with Crippen LogP contribution in [0.5, 0.6) is 0 Å². The Balaban J connectivity index is 1.97. The SMILES string of the molecule is Cc1cc(N2C(=O)C3CCCCC3C2=O)ccc1[N+](=O)[O-]. The summed E-state index contributed by atoms with van der Waals surface area (Å²) in [6.07, 6.45) is 3.48. The molecule has 1 aliphatic heterocycles. The van der Waals surface area contributed by atoms with E-state index in [1.807, 2.05) is 0 Å². The van der Waals surface area contributed by atoms with Gasteiger partial charge in [-0.15, -0.1) is 0 Å². The minimum Gasteiger partial charge on any atom is -0.274 e. The van der Waals surface area contributed by atoms with Crippen LogP contribution in [-0.4, -0.2) is 16.7 Å². The van der Waals surface area contributed by atoms with Crippen LogP contribution in [0.4, 0.5) is 11.4 Å². The van der Waals surface area contributed by atoms with Gasteiger partial charge < -0.3 is 0 Å². The van der Waals surface area contributed by atoms with E-state index >= 15 is 0 Å². The quantitative estimate of drug-likeness (QED) is 0.476. The third-order valence-corrected chi connectivity index (χ3v) is 4.48. The number of hydrogen-bond donors (Lipinski definition) is 0. The number of carbonyl (C=O) groups is 2. The van der Waals surface area contributed by atoms with Crippen LogP contribution in [0.2, 0.25) is 0 Å². The van der Waals surface area contributed by atoms with Gasteiger partial charge in [-0.2, -0.15) is 0 Å². The molecule has 0 spiro atoms. The van der Waals surface area contributed by atoms with Gasteiger partial charge in [-0.1, -0.05) is 12.8 Å². The first-order chi connectivity index (χ1) is 10.0. The van der Waals surface area contributed by atoms with Crippen LogP contribution in [0.1, 0.15) is 31.2 Å². The normalized spacial score (nSPS) is 25.1. The van der Waals surface area contributed by atoms with Gasteiger partial charge >= 0.3 is 0 Å². The maximum atomic E-state index is 12.5. The number of aryl methyl sites for hydroxylation is 1. The van der Waals surface area contributed by atoms with Crippen molar-refractivity contribution in [3.63, 3.8) is 0 Å². The van der Waals surface area contributed by atoms with Crippen LogP contribution < -0.4 is 4.90 Å². The van der Waals surface area contributed by atoms with Crippen molar-refractivity contribution in [3.05, 3.63) is 33.9 Å². The molecule has 1 saturated carbocycles. The topological polar surface area (TPSA) is 80.5 Å². The summed E-state index contributed by atoms with van der Waals surface area (Å²) >= 11 is 0. The van der Waals surface area contributed by atoms with Gasteiger partial charge in [0.05, 0.1) is 22.4 Å². The summed E-state index contributed by atoms with van der Waals surface area (Å²) in [7, 11) is 0. The molecule has 2 atom stereocenters. The molecule has 0 bridgehead atoms. The van der Waals surface area contributed by atoms with E-state index < -0.39 is 4.92 Å². The zero-order valence-electron chi connectivity index (χ0n) is 11.7. The summed E-state index contributed by atoms with van der Waals surface area (Å²) < 4.78 is 0. The average Bonchev–Trinajstić information content (AvgIpc) is 2.71. The molecule has 2 fully saturated rings. The number of benzene rings is 1. The van der Waals surface area contributed by atoms with E-state index in [-0.39, 0.29) is 29.3 Å². The summed E-state index contributed by atoms with van der Waals surface area (Å²) in [4.78, 5) is 36.5. The van der Waals surface area contributed by atoms with Crippen molar-refractivity contribution in [2.24, 2.45) is 11.8 Å². The molecular formula is C15H16N2O4. The lowest BCUT2D eigenvalue weighted by Crippen LogP contribution is -2.30. The molecule has 21 heavy (non-hydrogen) atoms. The van der Waals surface area contributed by atoms with E-state index in [2.05, 4.69) is 0 Å². The smallest absolute Gasteiger partial charge is 0.272 e. The lowest BCUT2D eigenvalue weighted by atomic mass is 9.81. The second kappa shape index (κ2) is 4.95. The number of rotatable bonds is 2. The standard InChI is InChI=1S/C15H16N2O4/c1-9-8-10(6-7-13(9)17(20)21)16-14(18)11-4-2-3-5-12(11)15(16)19/h6-8,11-12H,2-5H2,1H3. The van der Waals surface area contributed by atoms with Gasteiger partial charge in [-0.25, -0.2) is 0 Å². The number of nitro groups is 1. The number of fused-ring (bicyclic) bond motifs is 1. The highest BCUT2D eigenvalue weighted by Crippen LogP contribution is 2.40. The minimum atomic E-state index is -0.466. The lowest BCUT2D eigenvalue weighted by Gasteiger charge is -2.19. The van der Waals surface area contributed by atoms with Crippen molar-refractivity contribution in [2.45, 2.75) is 32.6 Å². The van der Waals surface area contributed by atoms with Crippen LogP contribution in [0.25, 0.3) is 0 Å². The Labute approximate surface area is 121 Å². The van der Waals surface area contributed by atoms with Gasteiger partial charge in [0, 0.05) is 11.6 Å². The number of amides is 2. The third kappa shape index (κ3) is 2.11. The average molecular weight is 288 g/mol. The summed E-state index contributed by atoms with van der Waals surface area (Å²) in [5.74, 6) is -0.723. The Morgan fingerprint density at radius 3 is 2.19 bits per heavy atom. The first kappa shape index (κ1) is 13.7. The van der Waals surface area contributed by atoms with Gasteiger partial charge in [0.15, 0.2) is 0 Å². The molecule has 1 saturated heterocycles. The summed E-state index contributed by atoms with van der Waals surface area (Å²) in [5.41, 5.74) is 0.894. The van der Waals surface area contributed by atoms with Crippen LogP contribution in [0, 0.1) is 28.9 Å². The van der Waals surface area contributed by atoms with Crippen molar-refractivity contribution in [1.29, 1.82) is 0 Å². The zero-order chi connectivity index (χ0) is 15.1. The first-order valence-corrected chi connectivity index (χ1v) is 7.13. The zero-order valence-corrected chi connectivity index (χ0v) is 11.7. The highest BCUT2D eigenvalue weighted by atomic mass is 16.6. The minimum absolute atomic E-state index is 0.00439. The van der Waals surface area contributed by atoms with Gasteiger partial charge in [-0.3, -0.25) is 24.6 Å². The molecule has 1 aliphatic carbocycles. The van der Waals surface area contributed by atoms with Crippen LogP contribution in [0.3, 0.4) is 0 Å². The Morgan fingerprint density at radius 2 is 1.71 bits per heavy atom. The fourth-order valence-corrected chi connectivity index (χ4v) is 3.40. The van der Waals surface area contributed by atoms with E-state index in [1.165, 1.54) is 17.0 Å². The molecule has 1 aromatic rings. The van der Waals surface area contributed by atoms with E-state index in [9.17, 15) is 19.7 Å². The van der Waals surface area contributed by atoms with Crippen molar-refractivity contribution >= 4 is 23.2 Å². The monoisotopic (exact) mass is 288 g/mol. The number of imide groups is 1. The fourth-order valence-electron chi connectivity index (χ4n) is 3.40. The van der Waals surface area contributed by atoms with Gasteiger partial charge in [0.2, 0.25) is 11.8 Å². The van der Waals surface area contributed by atoms with Gasteiger partial charge in [0.1, 0.15) is 0 Å². The Morgan fingerprint density at radius 1 is 1.14 bits per heavy atom. The number of hydrogen-bond acceptors (Lipinski definition) is 4. The molecule has 1 aromatic carbocycles. The van der Waals surface area contributed by atoms with Crippen LogP contribution in [0.15, 0.2) is 18.2 Å². The van der Waals surface area contributed by atoms with Crippen molar-refractivity contribution < 1.29 is 14.5 Å². The number of nitrogens with zero attached hydrogens (tertiary/aromatic N) is 2. The lowest BCUT2D eigenvalue weighted by molar-refractivity contribution is -0.385. The summed E-state index contributed by atoms with van der Waals surface area (Å²) in [5, 5.41) is 10.8. The first-order valence-electron chi connectivity index (χ1n) is 7.13. The Hall–Kier alpha value is -2.24. The molecule has 2 amide bonds. The second-order valence-electron chi connectivity index (χ2n) is 5.74. The largest absolute Gasteiger partial charge is 0.274 e. The maximum Gasteiger partial charge on any atom is 0.272 e. The molecule has 0 N–H and O–H groups in total. The molecule has 6 heteroatoms. The molecule has 0 radical (unpaired) electrons. The van der Waals surface area contributed by atoms with E-state index in [0.717, 1.165) is 25.7 Å². The Bertz CT molecular complexity index is 617.